The summed E-state index contributed by atoms with van der Waals surface area (Å²) in [6.07, 6.45) is 0. The van der Waals surface area contributed by atoms with E-state index in [-0.39, 0.29) is 15.6 Å². The molecule has 1 aromatic rings. The topological polar surface area (TPSA) is 89.5 Å². The number of nitrogens with zero attached hydrogens (tertiary/aromatic N) is 3. The smallest absolute Gasteiger partial charge is 0.345 e. The van der Waals surface area contributed by atoms with E-state index in [1.54, 1.807) is 19.0 Å². The zero-order chi connectivity index (χ0) is 13.2. The molecule has 0 atom stereocenters. The van der Waals surface area contributed by atoms with Crippen LogP contribution in [0.2, 0.25) is 0 Å². The van der Waals surface area contributed by atoms with Gasteiger partial charge in [0.1, 0.15) is 4.32 Å². The van der Waals surface area contributed by atoms with Gasteiger partial charge in [-0.25, -0.2) is 0 Å². The molecule has 7 nitrogen and oxygen atoms in total. The number of thiocarbonyl (C=S) groups is 1. The van der Waals surface area contributed by atoms with Crippen molar-refractivity contribution < 1.29 is 9.85 Å². The SMILES string of the molecule is CN(C)C(=S)Sc1c([N+](=O)[O-])csc1[N+](=O)[O-]. The highest BCUT2D eigenvalue weighted by atomic mass is 32.2. The maximum Gasteiger partial charge on any atom is 0.345 e. The molecule has 0 saturated carbocycles. The Kier molecular flexibility index (Phi) is 4.37. The van der Waals surface area contributed by atoms with Crippen LogP contribution in [0.25, 0.3) is 0 Å². The Hall–Kier alpha value is -1.26. The van der Waals surface area contributed by atoms with E-state index in [2.05, 4.69) is 0 Å². The van der Waals surface area contributed by atoms with Crippen LogP contribution >= 0.6 is 35.3 Å². The summed E-state index contributed by atoms with van der Waals surface area (Å²) in [7, 11) is 3.33. The standard InChI is InChI=1S/C7H7N3O4S3/c1-8(2)7(15)17-5-4(9(11)12)3-16-6(5)10(13)14/h3H,1-2H3. The summed E-state index contributed by atoms with van der Waals surface area (Å²) in [5.41, 5.74) is -0.282. The van der Waals surface area contributed by atoms with E-state index in [0.29, 0.717) is 4.32 Å². The largest absolute Gasteiger partial charge is 0.363 e. The third-order valence-electron chi connectivity index (χ3n) is 1.63. The lowest BCUT2D eigenvalue weighted by molar-refractivity contribution is -0.395. The van der Waals surface area contributed by atoms with Gasteiger partial charge >= 0.3 is 10.7 Å². The molecular formula is C7H7N3O4S3. The van der Waals surface area contributed by atoms with Crippen molar-refractivity contribution in [2.24, 2.45) is 0 Å². The van der Waals surface area contributed by atoms with E-state index in [4.69, 9.17) is 12.2 Å². The first-order valence-electron chi connectivity index (χ1n) is 4.14. The minimum atomic E-state index is -0.649. The van der Waals surface area contributed by atoms with Gasteiger partial charge in [-0.3, -0.25) is 20.2 Å². The summed E-state index contributed by atoms with van der Waals surface area (Å²) in [5.74, 6) is 0. The number of hydrogen-bond donors (Lipinski definition) is 0. The fraction of sp³-hybridized carbons (Fsp3) is 0.286. The van der Waals surface area contributed by atoms with Crippen molar-refractivity contribution in [3.63, 3.8) is 0 Å². The monoisotopic (exact) mass is 293 g/mol. The molecule has 92 valence electrons. The van der Waals surface area contributed by atoms with Gasteiger partial charge in [-0.15, -0.1) is 0 Å². The lowest BCUT2D eigenvalue weighted by Gasteiger charge is -2.11. The van der Waals surface area contributed by atoms with E-state index in [9.17, 15) is 20.2 Å². The molecule has 0 spiro atoms. The molecule has 1 aromatic heterocycles. The molecule has 0 aliphatic carbocycles. The van der Waals surface area contributed by atoms with Crippen molar-refractivity contribution in [2.75, 3.05) is 14.1 Å². The molecule has 1 heterocycles. The van der Waals surface area contributed by atoms with Crippen molar-refractivity contribution in [3.05, 3.63) is 25.6 Å². The van der Waals surface area contributed by atoms with E-state index in [0.717, 1.165) is 28.5 Å². The van der Waals surface area contributed by atoms with Gasteiger partial charge < -0.3 is 4.90 Å². The first kappa shape index (κ1) is 13.8. The minimum absolute atomic E-state index is 0.0105. The summed E-state index contributed by atoms with van der Waals surface area (Å²) in [6, 6.07) is 0. The predicted octanol–water partition coefficient (Wildman–Crippen LogP) is 2.50. The Bertz CT molecular complexity index is 453. The van der Waals surface area contributed by atoms with Crippen LogP contribution in [0, 0.1) is 20.2 Å². The molecule has 0 amide bonds. The van der Waals surface area contributed by atoms with E-state index in [1.807, 2.05) is 0 Å². The fourth-order valence-corrected chi connectivity index (χ4v) is 2.93. The number of thioether (sulfide) groups is 1. The number of nitro groups is 2. The maximum absolute atomic E-state index is 10.7. The molecule has 0 fully saturated rings. The number of rotatable bonds is 3. The molecule has 0 unspecified atom stereocenters. The Morgan fingerprint density at radius 1 is 1.41 bits per heavy atom. The highest BCUT2D eigenvalue weighted by Crippen LogP contribution is 2.43. The van der Waals surface area contributed by atoms with Gasteiger partial charge in [0.2, 0.25) is 0 Å². The van der Waals surface area contributed by atoms with Gasteiger partial charge in [0, 0.05) is 14.1 Å². The summed E-state index contributed by atoms with van der Waals surface area (Å²) in [6.45, 7) is 0. The average Bonchev–Trinajstić information content (AvgIpc) is 2.61. The van der Waals surface area contributed by atoms with E-state index >= 15 is 0 Å². The molecule has 17 heavy (non-hydrogen) atoms. The van der Waals surface area contributed by atoms with Crippen LogP contribution < -0.4 is 0 Å². The molecule has 0 N–H and O–H groups in total. The quantitative estimate of drug-likeness (QED) is 0.366. The van der Waals surface area contributed by atoms with Gasteiger partial charge in [0.15, 0.2) is 4.90 Å². The van der Waals surface area contributed by atoms with Crippen LogP contribution in [-0.4, -0.2) is 33.2 Å². The first-order valence-corrected chi connectivity index (χ1v) is 6.24. The molecule has 0 bridgehead atoms. The first-order chi connectivity index (χ1) is 7.84. The molecule has 0 radical (unpaired) electrons. The van der Waals surface area contributed by atoms with Crippen LogP contribution in [0.1, 0.15) is 0 Å². The molecule has 0 aliphatic heterocycles. The molecule has 0 aliphatic rings. The van der Waals surface area contributed by atoms with Crippen LogP contribution in [0.5, 0.6) is 0 Å². The van der Waals surface area contributed by atoms with Crippen molar-refractivity contribution in [1.29, 1.82) is 0 Å². The van der Waals surface area contributed by atoms with Crippen molar-refractivity contribution >= 4 is 50.3 Å². The summed E-state index contributed by atoms with van der Waals surface area (Å²) < 4.78 is 0.328. The zero-order valence-corrected chi connectivity index (χ0v) is 11.2. The molecule has 0 aromatic carbocycles. The lowest BCUT2D eigenvalue weighted by atomic mass is 10.5. The second kappa shape index (κ2) is 5.38. The fourth-order valence-electron chi connectivity index (χ4n) is 0.855. The van der Waals surface area contributed by atoms with Gasteiger partial charge in [-0.2, -0.15) is 0 Å². The van der Waals surface area contributed by atoms with Crippen LogP contribution in [0.15, 0.2) is 10.3 Å². The van der Waals surface area contributed by atoms with Crippen molar-refractivity contribution in [1.82, 2.24) is 4.90 Å². The Morgan fingerprint density at radius 2 is 2.00 bits per heavy atom. The van der Waals surface area contributed by atoms with E-state index in [1.165, 1.54) is 0 Å². The molecule has 10 heteroatoms. The molecular weight excluding hydrogens is 286 g/mol. The van der Waals surface area contributed by atoms with Crippen LogP contribution in [0.4, 0.5) is 10.7 Å². The number of thiophene rings is 1. The molecule has 0 saturated heterocycles. The van der Waals surface area contributed by atoms with Crippen LogP contribution in [0.3, 0.4) is 0 Å². The highest BCUT2D eigenvalue weighted by molar-refractivity contribution is 8.23. The third kappa shape index (κ3) is 3.11. The summed E-state index contributed by atoms with van der Waals surface area (Å²) in [5, 5.41) is 22.4. The third-order valence-corrected chi connectivity index (χ3v) is 4.43. The maximum atomic E-state index is 10.7. The van der Waals surface area contributed by atoms with Crippen molar-refractivity contribution in [3.8, 4) is 0 Å². The van der Waals surface area contributed by atoms with E-state index < -0.39 is 9.85 Å². The highest BCUT2D eigenvalue weighted by Gasteiger charge is 2.30. The van der Waals surface area contributed by atoms with Gasteiger partial charge in [-0.05, 0) is 11.8 Å². The Morgan fingerprint density at radius 3 is 2.41 bits per heavy atom. The minimum Gasteiger partial charge on any atom is -0.363 e. The van der Waals surface area contributed by atoms with Crippen LogP contribution in [-0.2, 0) is 0 Å². The molecule has 1 rings (SSSR count). The summed E-state index contributed by atoms with van der Waals surface area (Å²) >= 11 is 6.55. The normalized spacial score (nSPS) is 10.0. The zero-order valence-electron chi connectivity index (χ0n) is 8.78. The Balaban J connectivity index is 3.18. The van der Waals surface area contributed by atoms with Gasteiger partial charge in [0.25, 0.3) is 0 Å². The van der Waals surface area contributed by atoms with Gasteiger partial charge in [0.05, 0.1) is 15.2 Å². The second-order valence-electron chi connectivity index (χ2n) is 3.03. The van der Waals surface area contributed by atoms with Crippen molar-refractivity contribution in [2.45, 2.75) is 4.90 Å². The Labute approximate surface area is 110 Å². The lowest BCUT2D eigenvalue weighted by Crippen LogP contribution is -2.16. The number of hydrogen-bond acceptors (Lipinski definition) is 7. The second-order valence-corrected chi connectivity index (χ2v) is 5.53. The predicted molar refractivity (Wildman–Crippen MR) is 69.8 cm³/mol. The average molecular weight is 293 g/mol. The summed E-state index contributed by atoms with van der Waals surface area (Å²) in [4.78, 5) is 21.7. The van der Waals surface area contributed by atoms with Gasteiger partial charge in [-0.1, -0.05) is 23.6 Å².